The van der Waals surface area contributed by atoms with Crippen molar-refractivity contribution >= 4 is 17.2 Å². The maximum absolute atomic E-state index is 13.2. The van der Waals surface area contributed by atoms with Gasteiger partial charge in [-0.1, -0.05) is 58.9 Å². The highest BCUT2D eigenvalue weighted by Crippen LogP contribution is 2.31. The van der Waals surface area contributed by atoms with Gasteiger partial charge < -0.3 is 9.64 Å². The number of ether oxygens (including phenoxy) is 1. The van der Waals surface area contributed by atoms with Gasteiger partial charge in [0, 0.05) is 30.1 Å². The van der Waals surface area contributed by atoms with Crippen LogP contribution >= 0.6 is 11.3 Å². The van der Waals surface area contributed by atoms with E-state index in [0.29, 0.717) is 11.7 Å². The molecule has 146 valence electrons. The Kier molecular flexibility index (Phi) is 5.35. The van der Waals surface area contributed by atoms with E-state index in [1.54, 1.807) is 6.20 Å². The summed E-state index contributed by atoms with van der Waals surface area (Å²) >= 11 is 1.49. The Labute approximate surface area is 166 Å². The average molecular weight is 387 g/mol. The second kappa shape index (κ2) is 7.27. The molecule has 1 saturated heterocycles. The molecule has 1 amide bonds. The molecule has 27 heavy (non-hydrogen) atoms. The summed E-state index contributed by atoms with van der Waals surface area (Å²) in [5.74, 6) is 0.0943. The fourth-order valence-electron chi connectivity index (χ4n) is 3.22. The van der Waals surface area contributed by atoms with E-state index in [4.69, 9.17) is 4.74 Å². The van der Waals surface area contributed by atoms with Crippen LogP contribution in [-0.2, 0) is 10.8 Å². The van der Waals surface area contributed by atoms with Crippen molar-refractivity contribution in [1.29, 1.82) is 0 Å². The third kappa shape index (κ3) is 4.70. The second-order valence-corrected chi connectivity index (χ2v) is 10.2. The summed E-state index contributed by atoms with van der Waals surface area (Å²) in [7, 11) is 0. The van der Waals surface area contributed by atoms with Crippen LogP contribution in [0.2, 0.25) is 0 Å². The van der Waals surface area contributed by atoms with Crippen LogP contribution in [0.5, 0.6) is 5.19 Å². The van der Waals surface area contributed by atoms with Gasteiger partial charge in [-0.3, -0.25) is 4.79 Å². The normalized spacial score (nSPS) is 18.0. The Bertz CT molecular complexity index is 768. The molecule has 1 aromatic carbocycles. The molecular formula is C22H30N2O2S. The Morgan fingerprint density at radius 1 is 1.11 bits per heavy atom. The summed E-state index contributed by atoms with van der Waals surface area (Å²) in [6.45, 7) is 14.5. The van der Waals surface area contributed by atoms with Gasteiger partial charge in [0.25, 0.3) is 11.1 Å². The minimum atomic E-state index is -0.00220. The Balaban J connectivity index is 1.82. The standard InChI is InChI=1S/C22H30N2O2S/c1-21(2,3)16-11-15(12-17(13-16)22(4,5)6)19(25)24-9-7-18(14-24)26-20-23-8-10-27-20/h8,10-13,18H,7,9,14H2,1-6H3. The lowest BCUT2D eigenvalue weighted by atomic mass is 9.79. The highest BCUT2D eigenvalue weighted by Gasteiger charge is 2.30. The van der Waals surface area contributed by atoms with Crippen molar-refractivity contribution in [3.05, 3.63) is 46.5 Å². The number of rotatable bonds is 3. The number of hydrogen-bond donors (Lipinski definition) is 0. The smallest absolute Gasteiger partial charge is 0.273 e. The molecule has 1 fully saturated rings. The van der Waals surface area contributed by atoms with Crippen LogP contribution < -0.4 is 4.74 Å². The van der Waals surface area contributed by atoms with Gasteiger partial charge >= 0.3 is 0 Å². The highest BCUT2D eigenvalue weighted by molar-refractivity contribution is 7.11. The van der Waals surface area contributed by atoms with E-state index < -0.39 is 0 Å². The molecule has 0 spiro atoms. The number of likely N-dealkylation sites (tertiary alicyclic amines) is 1. The number of carbonyl (C=O) groups is 1. The topological polar surface area (TPSA) is 42.4 Å². The van der Waals surface area contributed by atoms with Crippen molar-refractivity contribution < 1.29 is 9.53 Å². The van der Waals surface area contributed by atoms with Crippen LogP contribution in [0.1, 0.15) is 69.4 Å². The Morgan fingerprint density at radius 2 is 1.74 bits per heavy atom. The molecule has 2 aromatic rings. The maximum Gasteiger partial charge on any atom is 0.273 e. The van der Waals surface area contributed by atoms with Crippen molar-refractivity contribution in [3.8, 4) is 5.19 Å². The second-order valence-electron chi connectivity index (χ2n) is 9.38. The zero-order valence-corrected chi connectivity index (χ0v) is 18.0. The molecular weight excluding hydrogens is 356 g/mol. The number of carbonyl (C=O) groups excluding carboxylic acids is 1. The van der Waals surface area contributed by atoms with Crippen LogP contribution in [-0.4, -0.2) is 35.0 Å². The molecule has 0 radical (unpaired) electrons. The summed E-state index contributed by atoms with van der Waals surface area (Å²) in [5.41, 5.74) is 3.18. The Morgan fingerprint density at radius 3 is 2.26 bits per heavy atom. The molecule has 0 saturated carbocycles. The van der Waals surface area contributed by atoms with Crippen LogP contribution in [0.3, 0.4) is 0 Å². The number of amides is 1. The van der Waals surface area contributed by atoms with Crippen molar-refractivity contribution in [3.63, 3.8) is 0 Å². The quantitative estimate of drug-likeness (QED) is 0.743. The summed E-state index contributed by atoms with van der Waals surface area (Å²) < 4.78 is 5.90. The van der Waals surface area contributed by atoms with Crippen molar-refractivity contribution in [2.75, 3.05) is 13.1 Å². The van der Waals surface area contributed by atoms with Crippen LogP contribution in [0.25, 0.3) is 0 Å². The predicted molar refractivity (Wildman–Crippen MR) is 111 cm³/mol. The van der Waals surface area contributed by atoms with E-state index in [1.165, 1.54) is 22.5 Å². The minimum absolute atomic E-state index is 0.00220. The molecule has 5 heteroatoms. The van der Waals surface area contributed by atoms with Crippen LogP contribution in [0.15, 0.2) is 29.8 Å². The molecule has 1 unspecified atom stereocenters. The molecule has 1 aliphatic rings. The van der Waals surface area contributed by atoms with Gasteiger partial charge in [0.15, 0.2) is 0 Å². The highest BCUT2D eigenvalue weighted by atomic mass is 32.1. The summed E-state index contributed by atoms with van der Waals surface area (Å²) in [6, 6.07) is 6.37. The molecule has 0 N–H and O–H groups in total. The lowest BCUT2D eigenvalue weighted by Crippen LogP contribution is -2.31. The van der Waals surface area contributed by atoms with E-state index in [-0.39, 0.29) is 22.8 Å². The molecule has 0 aliphatic carbocycles. The third-order valence-electron chi connectivity index (χ3n) is 5.02. The summed E-state index contributed by atoms with van der Waals surface area (Å²) in [4.78, 5) is 19.3. The van der Waals surface area contributed by atoms with E-state index in [2.05, 4.69) is 64.7 Å². The van der Waals surface area contributed by atoms with Gasteiger partial charge in [0.2, 0.25) is 0 Å². The zero-order chi connectivity index (χ0) is 19.8. The molecule has 1 aromatic heterocycles. The SMILES string of the molecule is CC(C)(C)c1cc(C(=O)N2CCC(Oc3nccs3)C2)cc(C(C)(C)C)c1. The Hall–Kier alpha value is -1.88. The first-order valence-corrected chi connectivity index (χ1v) is 10.4. The molecule has 0 bridgehead atoms. The lowest BCUT2D eigenvalue weighted by molar-refractivity contribution is 0.0772. The van der Waals surface area contributed by atoms with Gasteiger partial charge in [-0.05, 0) is 34.1 Å². The number of hydrogen-bond acceptors (Lipinski definition) is 4. The monoisotopic (exact) mass is 386 g/mol. The summed E-state index contributed by atoms with van der Waals surface area (Å²) in [6.07, 6.45) is 2.60. The fourth-order valence-corrected chi connectivity index (χ4v) is 3.77. The molecule has 1 aliphatic heterocycles. The first-order valence-electron chi connectivity index (χ1n) is 9.55. The molecule has 1 atom stereocenters. The molecule has 2 heterocycles. The van der Waals surface area contributed by atoms with Gasteiger partial charge in [-0.25, -0.2) is 4.98 Å². The molecule has 3 rings (SSSR count). The van der Waals surface area contributed by atoms with Crippen molar-refractivity contribution in [1.82, 2.24) is 9.88 Å². The van der Waals surface area contributed by atoms with Gasteiger partial charge in [0.05, 0.1) is 6.54 Å². The summed E-state index contributed by atoms with van der Waals surface area (Å²) in [5, 5.41) is 2.58. The number of thiazole rings is 1. The number of aromatic nitrogens is 1. The molecule has 4 nitrogen and oxygen atoms in total. The lowest BCUT2D eigenvalue weighted by Gasteiger charge is -2.27. The largest absolute Gasteiger partial charge is 0.465 e. The minimum Gasteiger partial charge on any atom is -0.465 e. The van der Waals surface area contributed by atoms with Crippen LogP contribution in [0.4, 0.5) is 0 Å². The van der Waals surface area contributed by atoms with E-state index >= 15 is 0 Å². The average Bonchev–Trinajstić information content (AvgIpc) is 3.24. The van der Waals surface area contributed by atoms with Gasteiger partial charge in [-0.2, -0.15) is 0 Å². The van der Waals surface area contributed by atoms with Crippen molar-refractivity contribution in [2.45, 2.75) is 64.9 Å². The van der Waals surface area contributed by atoms with Crippen molar-refractivity contribution in [2.24, 2.45) is 0 Å². The third-order valence-corrected chi connectivity index (χ3v) is 5.68. The van der Waals surface area contributed by atoms with Gasteiger partial charge in [-0.15, -0.1) is 0 Å². The van der Waals surface area contributed by atoms with Crippen LogP contribution in [0, 0.1) is 0 Å². The van der Waals surface area contributed by atoms with E-state index in [1.807, 2.05) is 10.3 Å². The zero-order valence-electron chi connectivity index (χ0n) is 17.2. The van der Waals surface area contributed by atoms with E-state index in [9.17, 15) is 4.79 Å². The number of benzene rings is 1. The first-order chi connectivity index (χ1) is 12.5. The first kappa shape index (κ1) is 19.9. The van der Waals surface area contributed by atoms with E-state index in [0.717, 1.165) is 18.5 Å². The maximum atomic E-state index is 13.2. The fraction of sp³-hybridized carbons (Fsp3) is 0.545. The number of nitrogens with zero attached hydrogens (tertiary/aromatic N) is 2. The van der Waals surface area contributed by atoms with Gasteiger partial charge in [0.1, 0.15) is 6.10 Å². The predicted octanol–water partition coefficient (Wildman–Crippen LogP) is 5.03.